The molecule has 0 bridgehead atoms. The zero-order valence-corrected chi connectivity index (χ0v) is 11.9. The van der Waals surface area contributed by atoms with Gasteiger partial charge in [-0.25, -0.2) is 9.97 Å². The van der Waals surface area contributed by atoms with Crippen LogP contribution in [0.4, 0.5) is 0 Å². The molecule has 2 rings (SSSR count). The van der Waals surface area contributed by atoms with Gasteiger partial charge < -0.3 is 0 Å². The summed E-state index contributed by atoms with van der Waals surface area (Å²) in [4.78, 5) is 6.09. The predicted octanol–water partition coefficient (Wildman–Crippen LogP) is 2.48. The molecule has 2 nitrogen and oxygen atoms in total. The number of nitrogens with one attached hydrogen (secondary N) is 2. The number of hydrogen-bond donors (Lipinski definition) is 0. The van der Waals surface area contributed by atoms with Crippen LogP contribution < -0.4 is 9.97 Å². The van der Waals surface area contributed by atoms with E-state index in [1.807, 2.05) is 46.4 Å². The summed E-state index contributed by atoms with van der Waals surface area (Å²) in [7, 11) is 3.93. The van der Waals surface area contributed by atoms with Gasteiger partial charge in [-0.3, -0.25) is 0 Å². The fourth-order valence-corrected chi connectivity index (χ4v) is 3.69. The summed E-state index contributed by atoms with van der Waals surface area (Å²) in [5, 5.41) is 0. The summed E-state index contributed by atoms with van der Waals surface area (Å²) in [6.07, 6.45) is 10.2. The first-order valence-corrected chi connectivity index (χ1v) is 8.58. The topological polar surface area (TPSA) is 28.3 Å². The average molecular weight is 278 g/mol. The van der Waals surface area contributed by atoms with E-state index in [1.165, 1.54) is 22.6 Å². The Kier molecular flexibility index (Phi) is 6.09. The van der Waals surface area contributed by atoms with Gasteiger partial charge in [0.05, 0.1) is 0 Å². The first-order chi connectivity index (χ1) is 8.95. The second-order valence-corrected chi connectivity index (χ2v) is 6.66. The molecule has 0 aliphatic heterocycles. The Labute approximate surface area is 116 Å². The van der Waals surface area contributed by atoms with Crippen molar-refractivity contribution in [3.63, 3.8) is 0 Å². The molecule has 0 saturated heterocycles. The third-order valence-corrected chi connectivity index (χ3v) is 5.01. The van der Waals surface area contributed by atoms with Gasteiger partial charge in [0.1, 0.15) is 0 Å². The van der Waals surface area contributed by atoms with Crippen LogP contribution in [-0.4, -0.2) is 11.5 Å². The van der Waals surface area contributed by atoms with Gasteiger partial charge in [0, 0.05) is 35.8 Å². The zero-order valence-electron chi connectivity index (χ0n) is 10.3. The van der Waals surface area contributed by atoms with Crippen LogP contribution >= 0.6 is 21.6 Å². The minimum atomic E-state index is 1.15. The third kappa shape index (κ3) is 5.10. The molecule has 0 aliphatic rings. The molecule has 0 aliphatic carbocycles. The highest BCUT2D eigenvalue weighted by Gasteiger charge is 1.97. The second kappa shape index (κ2) is 8.16. The average Bonchev–Trinajstić information content (AvgIpc) is 2.45. The summed E-state index contributed by atoms with van der Waals surface area (Å²) < 4.78 is 0. The highest BCUT2D eigenvalue weighted by Crippen LogP contribution is 2.23. The van der Waals surface area contributed by atoms with Crippen LogP contribution in [0.15, 0.2) is 49.1 Å². The quantitative estimate of drug-likeness (QED) is 0.575. The van der Waals surface area contributed by atoms with Crippen LogP contribution in [0.3, 0.4) is 0 Å². The van der Waals surface area contributed by atoms with Crippen molar-refractivity contribution in [2.24, 2.45) is 0 Å². The highest BCUT2D eigenvalue weighted by atomic mass is 33.1. The van der Waals surface area contributed by atoms with Crippen molar-refractivity contribution in [2.45, 2.75) is 12.8 Å². The summed E-state index contributed by atoms with van der Waals surface area (Å²) >= 11 is 0. The lowest BCUT2D eigenvalue weighted by Crippen LogP contribution is -1.99. The van der Waals surface area contributed by atoms with Crippen molar-refractivity contribution >= 4 is 21.6 Å². The Morgan fingerprint density at radius 2 is 1.06 bits per heavy atom. The Balaban J connectivity index is 1.54. The van der Waals surface area contributed by atoms with E-state index < -0.39 is 0 Å². The molecule has 0 fully saturated rings. The maximum Gasteiger partial charge on any atom is 0.167 e. The molecule has 2 N–H and O–H groups in total. The maximum atomic E-state index is 3.05. The molecule has 2 heterocycles. The van der Waals surface area contributed by atoms with Gasteiger partial charge in [-0.2, -0.15) is 0 Å². The molecule has 4 heteroatoms. The van der Waals surface area contributed by atoms with Crippen molar-refractivity contribution in [1.29, 1.82) is 0 Å². The lowest BCUT2D eigenvalue weighted by atomic mass is 10.2. The molecule has 2 aromatic heterocycles. The molecule has 94 valence electrons. The third-order valence-electron chi connectivity index (χ3n) is 2.61. The lowest BCUT2D eigenvalue weighted by Gasteiger charge is -2.01. The minimum absolute atomic E-state index is 1.15. The fraction of sp³-hybridized carbons (Fsp3) is 0.286. The molecule has 0 spiro atoms. The maximum absolute atomic E-state index is 3.05. The van der Waals surface area contributed by atoms with Gasteiger partial charge in [0.2, 0.25) is 0 Å². The lowest BCUT2D eigenvalue weighted by molar-refractivity contribution is -0.378. The van der Waals surface area contributed by atoms with Crippen molar-refractivity contribution in [2.75, 3.05) is 11.5 Å². The van der Waals surface area contributed by atoms with E-state index in [4.69, 9.17) is 0 Å². The monoisotopic (exact) mass is 278 g/mol. The van der Waals surface area contributed by atoms with Gasteiger partial charge in [0.15, 0.2) is 24.8 Å². The number of rotatable bonds is 7. The van der Waals surface area contributed by atoms with Gasteiger partial charge >= 0.3 is 0 Å². The second-order valence-electron chi connectivity index (χ2n) is 3.96. The van der Waals surface area contributed by atoms with E-state index in [-0.39, 0.29) is 0 Å². The standard InChI is InChI=1S/C14H16N2S2/c1-7-15-8-2-13(1)5-11-17-18-12-6-14-3-9-16-10-4-14/h1-4,7-10H,5-6,11-12H2/p+2. The zero-order chi connectivity index (χ0) is 12.5. The molecule has 0 radical (unpaired) electrons. The normalized spacial score (nSPS) is 10.4. The van der Waals surface area contributed by atoms with E-state index in [9.17, 15) is 0 Å². The molecule has 18 heavy (non-hydrogen) atoms. The molecular formula is C14H18N2S2+2. The molecule has 0 aromatic carbocycles. The van der Waals surface area contributed by atoms with Crippen LogP contribution in [0.25, 0.3) is 0 Å². The predicted molar refractivity (Wildman–Crippen MR) is 78.3 cm³/mol. The summed E-state index contributed by atoms with van der Waals surface area (Å²) in [5.74, 6) is 2.36. The van der Waals surface area contributed by atoms with E-state index in [2.05, 4.69) is 34.2 Å². The van der Waals surface area contributed by atoms with E-state index in [0.717, 1.165) is 12.8 Å². The summed E-state index contributed by atoms with van der Waals surface area (Å²) in [6, 6.07) is 8.58. The van der Waals surface area contributed by atoms with E-state index in [0.29, 0.717) is 0 Å². The SMILES string of the molecule is c1cc(CCSSCCc2cc[nH+]cc2)cc[nH+]1. The molecule has 0 amide bonds. The smallest absolute Gasteiger partial charge is 0.167 e. The fourth-order valence-electron chi connectivity index (χ4n) is 1.61. The molecule has 2 aromatic rings. The van der Waals surface area contributed by atoms with Gasteiger partial charge in [-0.1, -0.05) is 21.6 Å². The van der Waals surface area contributed by atoms with Crippen molar-refractivity contribution in [3.8, 4) is 0 Å². The van der Waals surface area contributed by atoms with E-state index in [1.54, 1.807) is 0 Å². The summed E-state index contributed by atoms with van der Waals surface area (Å²) in [5.41, 5.74) is 2.81. The van der Waals surface area contributed by atoms with E-state index >= 15 is 0 Å². The van der Waals surface area contributed by atoms with Crippen LogP contribution in [0.2, 0.25) is 0 Å². The van der Waals surface area contributed by atoms with Crippen molar-refractivity contribution in [3.05, 3.63) is 60.2 Å². The number of H-pyrrole nitrogens is 2. The Bertz CT molecular complexity index is 391. The first-order valence-electron chi connectivity index (χ1n) is 6.09. The number of pyridine rings is 2. The molecular weight excluding hydrogens is 260 g/mol. The van der Waals surface area contributed by atoms with Crippen LogP contribution in [0.5, 0.6) is 0 Å². The highest BCUT2D eigenvalue weighted by molar-refractivity contribution is 8.76. The number of aryl methyl sites for hydroxylation is 2. The van der Waals surface area contributed by atoms with Gasteiger partial charge in [0.25, 0.3) is 0 Å². The minimum Gasteiger partial charge on any atom is -0.218 e. The van der Waals surface area contributed by atoms with Gasteiger partial charge in [-0.05, 0) is 24.0 Å². The molecule has 0 atom stereocenters. The Morgan fingerprint density at radius 1 is 0.667 bits per heavy atom. The van der Waals surface area contributed by atoms with Crippen LogP contribution in [-0.2, 0) is 12.8 Å². The molecule has 0 unspecified atom stereocenters. The number of hydrogen-bond acceptors (Lipinski definition) is 2. The van der Waals surface area contributed by atoms with Gasteiger partial charge in [-0.15, -0.1) is 0 Å². The Hall–Kier alpha value is -1.00. The number of aromatic nitrogens is 2. The van der Waals surface area contributed by atoms with Crippen molar-refractivity contribution in [1.82, 2.24) is 0 Å². The number of aromatic amines is 2. The largest absolute Gasteiger partial charge is 0.218 e. The van der Waals surface area contributed by atoms with Crippen LogP contribution in [0, 0.1) is 0 Å². The molecule has 0 saturated carbocycles. The van der Waals surface area contributed by atoms with Crippen LogP contribution in [0.1, 0.15) is 11.1 Å². The Morgan fingerprint density at radius 3 is 1.44 bits per heavy atom. The first kappa shape index (κ1) is 13.4. The summed E-state index contributed by atoms with van der Waals surface area (Å²) in [6.45, 7) is 0. The van der Waals surface area contributed by atoms with Crippen molar-refractivity contribution < 1.29 is 9.97 Å².